The minimum Gasteiger partial charge on any atom is -0.462 e. The van der Waals surface area contributed by atoms with Crippen LogP contribution in [0.15, 0.2) is 109 Å². The maximum atomic E-state index is 13.1. The van der Waals surface area contributed by atoms with Crippen molar-refractivity contribution in [3.63, 3.8) is 0 Å². The Labute approximate surface area is 619 Å². The molecule has 102 heavy (non-hydrogen) atoms. The quantitative estimate of drug-likeness (QED) is 0.0169. The van der Waals surface area contributed by atoms with Gasteiger partial charge < -0.3 is 33.8 Å². The van der Waals surface area contributed by atoms with Crippen molar-refractivity contribution in [3.8, 4) is 0 Å². The summed E-state index contributed by atoms with van der Waals surface area (Å²) in [6.45, 7) is 4.62. The van der Waals surface area contributed by atoms with Crippen molar-refractivity contribution < 1.29 is 80.2 Å². The zero-order chi connectivity index (χ0) is 74.6. The molecule has 0 bridgehead atoms. The zero-order valence-electron chi connectivity index (χ0n) is 64.3. The van der Waals surface area contributed by atoms with Crippen LogP contribution in [-0.2, 0) is 65.4 Å². The van der Waals surface area contributed by atoms with Crippen LogP contribution in [-0.4, -0.2) is 96.7 Å². The highest BCUT2D eigenvalue weighted by Gasteiger charge is 2.30. The van der Waals surface area contributed by atoms with Crippen LogP contribution >= 0.6 is 15.6 Å². The second kappa shape index (κ2) is 75.0. The van der Waals surface area contributed by atoms with Gasteiger partial charge >= 0.3 is 39.5 Å². The highest BCUT2D eigenvalue weighted by Crippen LogP contribution is 2.45. The number of hydrogen-bond acceptors (Lipinski definition) is 15. The zero-order valence-corrected chi connectivity index (χ0v) is 66.0. The third kappa shape index (κ3) is 74.0. The maximum absolute atomic E-state index is 13.1. The lowest BCUT2D eigenvalue weighted by Crippen LogP contribution is -2.30. The van der Waals surface area contributed by atoms with E-state index in [0.717, 1.165) is 180 Å². The molecule has 588 valence electrons. The molecule has 3 N–H and O–H groups in total. The van der Waals surface area contributed by atoms with Gasteiger partial charge in [0.05, 0.1) is 26.4 Å². The van der Waals surface area contributed by atoms with Gasteiger partial charge in [-0.2, -0.15) is 0 Å². The number of carbonyl (C=O) groups excluding carboxylic acids is 4. The standard InChI is InChI=1S/C83H144O17P2/c1-5-9-13-17-21-25-29-32-35-37-38-40-42-45-49-52-56-60-64-68-81(86)94-74-79(100-83(88)70-66-62-58-54-50-46-43-39-36-33-30-26-22-18-14-10-6-2)76-98-102(91,92)96-72-77(84)71-95-101(89,90)97-75-78(99-82(87)69-65-61-57-53-47-28-24-20-16-12-8-4)73-93-80(85)67-63-59-55-51-48-44-41-34-31-27-23-19-15-11-7-3/h9-10,13-14,21-22,25-26,32-36,38,40-41,43,46,77-79,84H,5-8,11-12,15-20,23-24,27-31,37,39,42,44-45,47-76H2,1-4H3,(H,89,90)(H,91,92)/b13-9-,14-10-,25-21-,26-22-,35-32-,36-33-,40-38-,41-34-,46-43-. The van der Waals surface area contributed by atoms with E-state index < -0.39 is 97.5 Å². The Balaban J connectivity index is 5.36. The van der Waals surface area contributed by atoms with E-state index in [9.17, 15) is 43.2 Å². The van der Waals surface area contributed by atoms with Crippen molar-refractivity contribution in [2.45, 2.75) is 354 Å². The third-order valence-electron chi connectivity index (χ3n) is 16.7. The summed E-state index contributed by atoms with van der Waals surface area (Å²) >= 11 is 0. The van der Waals surface area contributed by atoms with E-state index in [1.165, 1.54) is 77.0 Å². The van der Waals surface area contributed by atoms with Gasteiger partial charge in [-0.3, -0.25) is 37.3 Å². The van der Waals surface area contributed by atoms with Crippen LogP contribution in [0.5, 0.6) is 0 Å². The summed E-state index contributed by atoms with van der Waals surface area (Å²) in [5, 5.41) is 10.6. The molecule has 0 aromatic carbocycles. The number of aliphatic hydroxyl groups is 1. The smallest absolute Gasteiger partial charge is 0.462 e. The first-order valence-corrected chi connectivity index (χ1v) is 43.1. The number of esters is 4. The largest absolute Gasteiger partial charge is 0.472 e. The highest BCUT2D eigenvalue weighted by atomic mass is 31.2. The number of allylic oxidation sites excluding steroid dienone is 18. The van der Waals surface area contributed by atoms with Crippen molar-refractivity contribution >= 4 is 39.5 Å². The summed E-state index contributed by atoms with van der Waals surface area (Å²) in [5.74, 6) is -2.21. The average molecular weight is 1480 g/mol. The molecule has 0 aromatic heterocycles. The van der Waals surface area contributed by atoms with Gasteiger partial charge in [-0.05, 0) is 128 Å². The molecule has 0 radical (unpaired) electrons. The molecule has 0 saturated heterocycles. The van der Waals surface area contributed by atoms with E-state index in [1.54, 1.807) is 0 Å². The Morgan fingerprint density at radius 2 is 0.510 bits per heavy atom. The fourth-order valence-electron chi connectivity index (χ4n) is 10.7. The molecule has 5 unspecified atom stereocenters. The Morgan fingerprint density at radius 1 is 0.284 bits per heavy atom. The molecular formula is C83H144O17P2. The lowest BCUT2D eigenvalue weighted by molar-refractivity contribution is -0.161. The second-order valence-corrected chi connectivity index (χ2v) is 29.5. The maximum Gasteiger partial charge on any atom is 0.472 e. The number of phosphoric ester groups is 2. The molecule has 0 amide bonds. The van der Waals surface area contributed by atoms with Crippen LogP contribution < -0.4 is 0 Å². The molecule has 19 heteroatoms. The fourth-order valence-corrected chi connectivity index (χ4v) is 12.2. The average Bonchev–Trinajstić information content (AvgIpc) is 0.921. The summed E-state index contributed by atoms with van der Waals surface area (Å²) in [6, 6.07) is 0. The van der Waals surface area contributed by atoms with Gasteiger partial charge in [0.2, 0.25) is 0 Å². The Bertz CT molecular complexity index is 2360. The molecule has 0 heterocycles. The number of aliphatic hydroxyl groups excluding tert-OH is 1. The predicted octanol–water partition coefficient (Wildman–Crippen LogP) is 23.3. The Kier molecular flexibility index (Phi) is 71.8. The van der Waals surface area contributed by atoms with E-state index in [-0.39, 0.29) is 25.7 Å². The number of rotatable bonds is 75. The molecule has 0 aliphatic heterocycles. The normalized spacial score (nSPS) is 14.5. The van der Waals surface area contributed by atoms with Crippen LogP contribution in [0, 0.1) is 0 Å². The topological polar surface area (TPSA) is 237 Å². The first-order chi connectivity index (χ1) is 49.7. The summed E-state index contributed by atoms with van der Waals surface area (Å²) < 4.78 is 68.6. The first-order valence-electron chi connectivity index (χ1n) is 40.1. The predicted molar refractivity (Wildman–Crippen MR) is 418 cm³/mol. The molecule has 5 atom stereocenters. The van der Waals surface area contributed by atoms with E-state index >= 15 is 0 Å². The van der Waals surface area contributed by atoms with E-state index in [1.807, 2.05) is 0 Å². The molecule has 0 saturated carbocycles. The summed E-state index contributed by atoms with van der Waals surface area (Å²) in [4.78, 5) is 73.0. The van der Waals surface area contributed by atoms with Crippen molar-refractivity contribution in [3.05, 3.63) is 109 Å². The van der Waals surface area contributed by atoms with Crippen LogP contribution in [0.25, 0.3) is 0 Å². The third-order valence-corrected chi connectivity index (χ3v) is 18.6. The molecular weight excluding hydrogens is 1330 g/mol. The SMILES string of the molecule is CC/C=C\C/C=C\C/C=C\C/C=C\CCCCCCCCC(=O)OCC(COP(=O)(O)OCC(O)COP(=O)(O)OCC(COC(=O)CCCCCCC/C=C\CCCCCCCC)OC(=O)CCCCCCCCCCCCC)OC(=O)CCCCCC/C=C\C/C=C\C/C=C\C/C=C\CC. The summed E-state index contributed by atoms with van der Waals surface area (Å²) in [7, 11) is -9.96. The van der Waals surface area contributed by atoms with Gasteiger partial charge in [0, 0.05) is 25.7 Å². The van der Waals surface area contributed by atoms with Crippen LogP contribution in [0.3, 0.4) is 0 Å². The van der Waals surface area contributed by atoms with Crippen LogP contribution in [0.2, 0.25) is 0 Å². The number of hydrogen-bond donors (Lipinski definition) is 3. The van der Waals surface area contributed by atoms with Gasteiger partial charge in [0.1, 0.15) is 19.3 Å². The second-order valence-electron chi connectivity index (χ2n) is 26.6. The Hall–Kier alpha value is -4.28. The van der Waals surface area contributed by atoms with E-state index in [2.05, 4.69) is 137 Å². The number of phosphoric acid groups is 2. The van der Waals surface area contributed by atoms with Crippen molar-refractivity contribution in [1.29, 1.82) is 0 Å². The molecule has 0 fully saturated rings. The van der Waals surface area contributed by atoms with Gasteiger partial charge in [-0.25, -0.2) is 9.13 Å². The van der Waals surface area contributed by atoms with Gasteiger partial charge in [0.25, 0.3) is 0 Å². The number of unbranched alkanes of at least 4 members (excludes halogenated alkanes) is 31. The molecule has 0 aromatic rings. The van der Waals surface area contributed by atoms with Gasteiger partial charge in [0.15, 0.2) is 12.2 Å². The minimum absolute atomic E-state index is 0.0623. The Morgan fingerprint density at radius 3 is 0.794 bits per heavy atom. The van der Waals surface area contributed by atoms with Gasteiger partial charge in [-0.15, -0.1) is 0 Å². The lowest BCUT2D eigenvalue weighted by atomic mass is 10.1. The van der Waals surface area contributed by atoms with Crippen molar-refractivity contribution in [2.24, 2.45) is 0 Å². The minimum atomic E-state index is -4.99. The summed E-state index contributed by atoms with van der Waals surface area (Å²) in [6.07, 6.45) is 80.7. The monoisotopic (exact) mass is 1470 g/mol. The summed E-state index contributed by atoms with van der Waals surface area (Å²) in [5.41, 5.74) is 0. The molecule has 0 rings (SSSR count). The number of ether oxygens (including phenoxy) is 4. The van der Waals surface area contributed by atoms with Crippen molar-refractivity contribution in [1.82, 2.24) is 0 Å². The van der Waals surface area contributed by atoms with Crippen molar-refractivity contribution in [2.75, 3.05) is 39.6 Å². The number of carbonyl (C=O) groups is 4. The van der Waals surface area contributed by atoms with Crippen LogP contribution in [0.1, 0.15) is 336 Å². The molecule has 0 spiro atoms. The molecule has 17 nitrogen and oxygen atoms in total. The first kappa shape index (κ1) is 97.7. The van der Waals surface area contributed by atoms with E-state index in [0.29, 0.717) is 25.7 Å². The fraction of sp³-hybridized carbons (Fsp3) is 0.735. The van der Waals surface area contributed by atoms with E-state index in [4.69, 9.17) is 37.0 Å². The lowest BCUT2D eigenvalue weighted by Gasteiger charge is -2.21. The van der Waals surface area contributed by atoms with Gasteiger partial charge in [-0.1, -0.05) is 291 Å². The molecule has 0 aliphatic rings. The molecule has 0 aliphatic carbocycles. The highest BCUT2D eigenvalue weighted by molar-refractivity contribution is 7.47. The van der Waals surface area contributed by atoms with Crippen LogP contribution in [0.4, 0.5) is 0 Å².